The Hall–Kier alpha value is -2.57. The van der Waals surface area contributed by atoms with E-state index in [2.05, 4.69) is 5.32 Å². The molecule has 0 aliphatic heterocycles. The molecule has 0 atom stereocenters. The highest BCUT2D eigenvalue weighted by atomic mass is 19.4. The highest BCUT2D eigenvalue weighted by Crippen LogP contribution is 2.29. The van der Waals surface area contributed by atoms with Gasteiger partial charge < -0.3 is 9.88 Å². The van der Waals surface area contributed by atoms with Crippen LogP contribution in [0.15, 0.2) is 47.4 Å². The van der Waals surface area contributed by atoms with Crippen molar-refractivity contribution in [2.75, 3.05) is 5.32 Å². The second-order valence-electron chi connectivity index (χ2n) is 6.73. The molecule has 0 aliphatic rings. The maximum atomic E-state index is 12.8. The molecule has 0 saturated heterocycles. The molecule has 1 N–H and O–H groups in total. The largest absolute Gasteiger partial charge is 0.417 e. The predicted octanol–water partition coefficient (Wildman–Crippen LogP) is 3.80. The summed E-state index contributed by atoms with van der Waals surface area (Å²) in [7, 11) is 0. The number of carbonyl (C=O) groups excluding carboxylic acids is 1. The lowest BCUT2D eigenvalue weighted by atomic mass is 9.86. The number of nitrogens with zero attached hydrogens (tertiary/aromatic N) is 1. The van der Waals surface area contributed by atoms with Crippen molar-refractivity contribution in [1.29, 1.82) is 0 Å². The Kier molecular flexibility index (Phi) is 5.06. The van der Waals surface area contributed by atoms with Gasteiger partial charge in [-0.15, -0.1) is 0 Å². The van der Waals surface area contributed by atoms with E-state index in [1.165, 1.54) is 0 Å². The second-order valence-corrected chi connectivity index (χ2v) is 6.73. The number of carbonyl (C=O) groups is 1. The number of hydrogen-bond donors (Lipinski definition) is 1. The minimum atomic E-state index is -4.58. The zero-order valence-corrected chi connectivity index (χ0v) is 14.1. The molecule has 0 aliphatic carbocycles. The van der Waals surface area contributed by atoms with Crippen LogP contribution in [-0.4, -0.2) is 10.5 Å². The van der Waals surface area contributed by atoms with Crippen LogP contribution in [0.5, 0.6) is 0 Å². The van der Waals surface area contributed by atoms with E-state index < -0.39 is 29.8 Å². The van der Waals surface area contributed by atoms with E-state index in [1.54, 1.807) is 12.1 Å². The Bertz CT molecular complexity index is 833. The Morgan fingerprint density at radius 3 is 2.32 bits per heavy atom. The normalized spacial score (nSPS) is 12.1. The predicted molar refractivity (Wildman–Crippen MR) is 89.5 cm³/mol. The van der Waals surface area contributed by atoms with E-state index >= 15 is 0 Å². The standard InChI is InChI=1S/C18H19F3N2O2/c1-17(2,3)13-6-4-5-7-14(13)22-15(24)11-23-10-12(18(19,20)21)8-9-16(23)25/h4-10H,11H2,1-3H3,(H,22,24). The van der Waals surface area contributed by atoms with Crippen LogP contribution in [0.3, 0.4) is 0 Å². The molecule has 4 nitrogen and oxygen atoms in total. The number of benzene rings is 1. The number of anilines is 1. The smallest absolute Gasteiger partial charge is 0.324 e. The van der Waals surface area contributed by atoms with Gasteiger partial charge in [-0.25, -0.2) is 0 Å². The molecule has 2 rings (SSSR count). The van der Waals surface area contributed by atoms with Gasteiger partial charge in [0.1, 0.15) is 6.54 Å². The number of amides is 1. The van der Waals surface area contributed by atoms with Crippen molar-refractivity contribution in [3.63, 3.8) is 0 Å². The number of pyridine rings is 1. The third-order valence-electron chi connectivity index (χ3n) is 3.63. The molecule has 0 unspecified atom stereocenters. The first-order chi connectivity index (χ1) is 11.5. The van der Waals surface area contributed by atoms with E-state index in [-0.39, 0.29) is 5.41 Å². The summed E-state index contributed by atoms with van der Waals surface area (Å²) < 4.78 is 39.0. The van der Waals surface area contributed by atoms with Gasteiger partial charge in [-0.2, -0.15) is 13.2 Å². The van der Waals surface area contributed by atoms with Crippen LogP contribution < -0.4 is 10.9 Å². The Balaban J connectivity index is 2.24. The van der Waals surface area contributed by atoms with E-state index in [9.17, 15) is 22.8 Å². The van der Waals surface area contributed by atoms with Crippen LogP contribution in [0.25, 0.3) is 0 Å². The number of halogens is 3. The zero-order valence-electron chi connectivity index (χ0n) is 14.1. The number of rotatable bonds is 3. The van der Waals surface area contributed by atoms with E-state index in [0.29, 0.717) is 18.0 Å². The Morgan fingerprint density at radius 1 is 1.08 bits per heavy atom. The summed E-state index contributed by atoms with van der Waals surface area (Å²) in [5, 5.41) is 2.67. The highest BCUT2D eigenvalue weighted by molar-refractivity contribution is 5.91. The zero-order chi connectivity index (χ0) is 18.8. The van der Waals surface area contributed by atoms with E-state index in [1.807, 2.05) is 32.9 Å². The summed E-state index contributed by atoms with van der Waals surface area (Å²) in [6.07, 6.45) is -3.93. The first-order valence-corrected chi connectivity index (χ1v) is 7.65. The van der Waals surface area contributed by atoms with E-state index in [0.717, 1.165) is 16.2 Å². The summed E-state index contributed by atoms with van der Waals surface area (Å²) in [5.74, 6) is -0.571. The Morgan fingerprint density at radius 2 is 1.72 bits per heavy atom. The van der Waals surface area contributed by atoms with Crippen LogP contribution in [0.2, 0.25) is 0 Å². The fourth-order valence-electron chi connectivity index (χ4n) is 2.41. The maximum Gasteiger partial charge on any atom is 0.417 e. The van der Waals surface area contributed by atoms with Crippen LogP contribution in [0.1, 0.15) is 31.9 Å². The molecular weight excluding hydrogens is 333 g/mol. The van der Waals surface area contributed by atoms with Gasteiger partial charge in [0, 0.05) is 18.0 Å². The minimum absolute atomic E-state index is 0.225. The lowest BCUT2D eigenvalue weighted by Crippen LogP contribution is -2.28. The molecule has 2 aromatic rings. The van der Waals surface area contributed by atoms with Gasteiger partial charge >= 0.3 is 6.18 Å². The molecule has 0 bridgehead atoms. The molecule has 1 amide bonds. The van der Waals surface area contributed by atoms with Crippen molar-refractivity contribution in [2.45, 2.75) is 38.9 Å². The fourth-order valence-corrected chi connectivity index (χ4v) is 2.41. The monoisotopic (exact) mass is 352 g/mol. The number of para-hydroxylation sites is 1. The molecule has 0 radical (unpaired) electrons. The molecule has 1 aromatic heterocycles. The van der Waals surface area contributed by atoms with Crippen molar-refractivity contribution in [1.82, 2.24) is 4.57 Å². The summed E-state index contributed by atoms with van der Waals surface area (Å²) in [5.41, 5.74) is -0.418. The van der Waals surface area contributed by atoms with Crippen molar-refractivity contribution >= 4 is 11.6 Å². The Labute approximate surface area is 143 Å². The van der Waals surface area contributed by atoms with Crippen molar-refractivity contribution in [3.05, 3.63) is 64.1 Å². The van der Waals surface area contributed by atoms with E-state index in [4.69, 9.17) is 0 Å². The van der Waals surface area contributed by atoms with Crippen molar-refractivity contribution in [3.8, 4) is 0 Å². The molecule has 134 valence electrons. The van der Waals surface area contributed by atoms with Crippen LogP contribution in [0.4, 0.5) is 18.9 Å². The quantitative estimate of drug-likeness (QED) is 0.913. The molecule has 7 heteroatoms. The minimum Gasteiger partial charge on any atom is -0.324 e. The average molecular weight is 352 g/mol. The summed E-state index contributed by atoms with van der Waals surface area (Å²) in [4.78, 5) is 24.0. The number of aromatic nitrogens is 1. The first-order valence-electron chi connectivity index (χ1n) is 7.65. The maximum absolute atomic E-state index is 12.8. The SMILES string of the molecule is CC(C)(C)c1ccccc1NC(=O)Cn1cc(C(F)(F)F)ccc1=O. The third-order valence-corrected chi connectivity index (χ3v) is 3.63. The van der Waals surface area contributed by atoms with Gasteiger partial charge in [0.2, 0.25) is 5.91 Å². The molecule has 1 heterocycles. The van der Waals surface area contributed by atoms with Crippen LogP contribution in [-0.2, 0) is 22.9 Å². The van der Waals surface area contributed by atoms with Gasteiger partial charge in [0.25, 0.3) is 5.56 Å². The molecule has 0 saturated carbocycles. The fraction of sp³-hybridized carbons (Fsp3) is 0.333. The number of alkyl halides is 3. The van der Waals surface area contributed by atoms with Crippen LogP contribution >= 0.6 is 0 Å². The summed E-state index contributed by atoms with van der Waals surface area (Å²) in [6, 6.07) is 8.68. The molecule has 1 aromatic carbocycles. The second kappa shape index (κ2) is 6.74. The molecule has 0 fully saturated rings. The van der Waals surface area contributed by atoms with Crippen molar-refractivity contribution in [2.24, 2.45) is 0 Å². The van der Waals surface area contributed by atoms with Gasteiger partial charge in [-0.3, -0.25) is 9.59 Å². The third kappa shape index (κ3) is 4.71. The summed E-state index contributed by atoms with van der Waals surface area (Å²) >= 11 is 0. The van der Waals surface area contributed by atoms with Gasteiger partial charge in [-0.05, 0) is 23.1 Å². The lowest BCUT2D eigenvalue weighted by Gasteiger charge is -2.23. The lowest BCUT2D eigenvalue weighted by molar-refractivity contribution is -0.138. The topological polar surface area (TPSA) is 51.1 Å². The van der Waals surface area contributed by atoms with Gasteiger partial charge in [-0.1, -0.05) is 39.0 Å². The van der Waals surface area contributed by atoms with Gasteiger partial charge in [0.15, 0.2) is 0 Å². The summed E-state index contributed by atoms with van der Waals surface area (Å²) in [6.45, 7) is 5.45. The molecule has 0 spiro atoms. The van der Waals surface area contributed by atoms with Crippen LogP contribution in [0, 0.1) is 0 Å². The average Bonchev–Trinajstić information content (AvgIpc) is 2.47. The number of nitrogens with one attached hydrogen (secondary N) is 1. The number of hydrogen-bond acceptors (Lipinski definition) is 2. The highest BCUT2D eigenvalue weighted by Gasteiger charge is 2.31. The van der Waals surface area contributed by atoms with Crippen molar-refractivity contribution < 1.29 is 18.0 Å². The molecule has 25 heavy (non-hydrogen) atoms. The first kappa shape index (κ1) is 18.8. The molecular formula is C18H19F3N2O2. The van der Waals surface area contributed by atoms with Gasteiger partial charge in [0.05, 0.1) is 5.56 Å².